The van der Waals surface area contributed by atoms with Gasteiger partial charge >= 0.3 is 0 Å². The number of nitrogens with two attached hydrogens (primary N) is 1. The van der Waals surface area contributed by atoms with E-state index in [4.69, 9.17) is 5.73 Å². The standard InChI is InChI=1S/C13H15NS2/c1-10-8-12(14)2-3-13(10)16-7-5-11-4-6-15-9-11/h2-4,6,8-9H,5,7,14H2,1H3. The Morgan fingerprint density at radius 3 is 2.88 bits per heavy atom. The van der Waals surface area contributed by atoms with Gasteiger partial charge in [-0.2, -0.15) is 11.3 Å². The Bertz CT molecular complexity index is 449. The van der Waals surface area contributed by atoms with E-state index < -0.39 is 0 Å². The lowest BCUT2D eigenvalue weighted by Gasteiger charge is -2.05. The molecule has 0 unspecified atom stereocenters. The van der Waals surface area contributed by atoms with Crippen molar-refractivity contribution in [1.82, 2.24) is 0 Å². The summed E-state index contributed by atoms with van der Waals surface area (Å²) in [5.41, 5.74) is 9.28. The minimum absolute atomic E-state index is 0.847. The van der Waals surface area contributed by atoms with Crippen LogP contribution in [0.3, 0.4) is 0 Å². The third kappa shape index (κ3) is 3.03. The van der Waals surface area contributed by atoms with Crippen LogP contribution < -0.4 is 5.73 Å². The minimum Gasteiger partial charge on any atom is -0.399 e. The molecule has 16 heavy (non-hydrogen) atoms. The van der Waals surface area contributed by atoms with Crippen molar-refractivity contribution in [3.05, 3.63) is 46.2 Å². The van der Waals surface area contributed by atoms with Crippen LogP contribution >= 0.6 is 23.1 Å². The van der Waals surface area contributed by atoms with E-state index in [1.807, 2.05) is 23.9 Å². The van der Waals surface area contributed by atoms with Gasteiger partial charge in [0.25, 0.3) is 0 Å². The van der Waals surface area contributed by atoms with E-state index in [0.29, 0.717) is 0 Å². The molecule has 3 heteroatoms. The van der Waals surface area contributed by atoms with Gasteiger partial charge in [0.05, 0.1) is 0 Å². The number of thiophene rings is 1. The van der Waals surface area contributed by atoms with Gasteiger partial charge in [0, 0.05) is 16.3 Å². The number of nitrogen functional groups attached to an aromatic ring is 1. The zero-order valence-corrected chi connectivity index (χ0v) is 10.9. The SMILES string of the molecule is Cc1cc(N)ccc1SCCc1ccsc1. The number of thioether (sulfide) groups is 1. The van der Waals surface area contributed by atoms with Crippen LogP contribution in [0.25, 0.3) is 0 Å². The van der Waals surface area contributed by atoms with Crippen molar-refractivity contribution in [2.75, 3.05) is 11.5 Å². The van der Waals surface area contributed by atoms with Crippen molar-refractivity contribution < 1.29 is 0 Å². The lowest BCUT2D eigenvalue weighted by molar-refractivity contribution is 1.17. The molecule has 0 radical (unpaired) electrons. The number of aryl methyl sites for hydroxylation is 2. The summed E-state index contributed by atoms with van der Waals surface area (Å²) in [6.07, 6.45) is 1.14. The van der Waals surface area contributed by atoms with E-state index >= 15 is 0 Å². The van der Waals surface area contributed by atoms with E-state index in [-0.39, 0.29) is 0 Å². The van der Waals surface area contributed by atoms with Crippen molar-refractivity contribution in [2.45, 2.75) is 18.2 Å². The predicted octanol–water partition coefficient (Wildman–Crippen LogP) is 3.97. The van der Waals surface area contributed by atoms with Crippen LogP contribution in [-0.2, 0) is 6.42 Å². The average molecular weight is 249 g/mol. The molecule has 0 aliphatic rings. The summed E-state index contributed by atoms with van der Waals surface area (Å²) in [5, 5.41) is 4.35. The second-order valence-electron chi connectivity index (χ2n) is 3.75. The van der Waals surface area contributed by atoms with Crippen LogP contribution in [0.1, 0.15) is 11.1 Å². The van der Waals surface area contributed by atoms with Gasteiger partial charge in [-0.15, -0.1) is 11.8 Å². The first-order valence-electron chi connectivity index (χ1n) is 5.26. The molecule has 0 fully saturated rings. The summed E-state index contributed by atoms with van der Waals surface area (Å²) >= 11 is 3.67. The number of benzene rings is 1. The van der Waals surface area contributed by atoms with Crippen LogP contribution in [0, 0.1) is 6.92 Å². The molecular weight excluding hydrogens is 234 g/mol. The maximum atomic E-state index is 5.73. The van der Waals surface area contributed by atoms with E-state index in [1.165, 1.54) is 16.0 Å². The third-order valence-corrected chi connectivity index (χ3v) is 4.34. The molecule has 0 saturated heterocycles. The van der Waals surface area contributed by atoms with Gasteiger partial charge in [0.1, 0.15) is 0 Å². The first-order chi connectivity index (χ1) is 7.75. The van der Waals surface area contributed by atoms with Crippen LogP contribution in [-0.4, -0.2) is 5.75 Å². The normalized spacial score (nSPS) is 10.6. The lowest BCUT2D eigenvalue weighted by Crippen LogP contribution is -1.90. The van der Waals surface area contributed by atoms with Crippen molar-refractivity contribution in [3.8, 4) is 0 Å². The minimum atomic E-state index is 0.847. The first-order valence-corrected chi connectivity index (χ1v) is 7.18. The third-order valence-electron chi connectivity index (χ3n) is 2.43. The number of hydrogen-bond donors (Lipinski definition) is 1. The summed E-state index contributed by atoms with van der Waals surface area (Å²) in [7, 11) is 0. The molecule has 2 aromatic rings. The molecule has 0 aliphatic carbocycles. The molecule has 84 valence electrons. The fourth-order valence-corrected chi connectivity index (χ4v) is 3.26. The second-order valence-corrected chi connectivity index (χ2v) is 5.67. The molecule has 1 aromatic heterocycles. The maximum Gasteiger partial charge on any atom is 0.0317 e. The highest BCUT2D eigenvalue weighted by atomic mass is 32.2. The Morgan fingerprint density at radius 1 is 1.31 bits per heavy atom. The maximum absolute atomic E-state index is 5.73. The first kappa shape index (κ1) is 11.6. The van der Waals surface area contributed by atoms with Crippen molar-refractivity contribution in [3.63, 3.8) is 0 Å². The van der Waals surface area contributed by atoms with Gasteiger partial charge < -0.3 is 5.73 Å². The molecule has 2 rings (SSSR count). The zero-order valence-electron chi connectivity index (χ0n) is 9.27. The fourth-order valence-electron chi connectivity index (χ4n) is 1.55. The molecule has 0 atom stereocenters. The van der Waals surface area contributed by atoms with Gasteiger partial charge in [-0.05, 0) is 59.5 Å². The summed E-state index contributed by atoms with van der Waals surface area (Å²) in [6, 6.07) is 8.32. The van der Waals surface area contributed by atoms with Gasteiger partial charge in [0.2, 0.25) is 0 Å². The Balaban J connectivity index is 1.90. The molecule has 1 heterocycles. The highest BCUT2D eigenvalue weighted by molar-refractivity contribution is 7.99. The van der Waals surface area contributed by atoms with Gasteiger partial charge in [-0.1, -0.05) is 0 Å². The highest BCUT2D eigenvalue weighted by Gasteiger charge is 2.00. The molecular formula is C13H15NS2. The molecule has 1 aromatic carbocycles. The number of anilines is 1. The molecule has 0 bridgehead atoms. The monoisotopic (exact) mass is 249 g/mol. The van der Waals surface area contributed by atoms with E-state index in [2.05, 4.69) is 29.8 Å². The fraction of sp³-hybridized carbons (Fsp3) is 0.231. The molecule has 0 spiro atoms. The smallest absolute Gasteiger partial charge is 0.0317 e. The van der Waals surface area contributed by atoms with Gasteiger partial charge in [-0.3, -0.25) is 0 Å². The largest absolute Gasteiger partial charge is 0.399 e. The van der Waals surface area contributed by atoms with Crippen molar-refractivity contribution >= 4 is 28.8 Å². The summed E-state index contributed by atoms with van der Waals surface area (Å²) in [5.74, 6) is 1.13. The highest BCUT2D eigenvalue weighted by Crippen LogP contribution is 2.25. The van der Waals surface area contributed by atoms with Gasteiger partial charge in [-0.25, -0.2) is 0 Å². The molecule has 0 aliphatic heterocycles. The lowest BCUT2D eigenvalue weighted by atomic mass is 10.2. The van der Waals surface area contributed by atoms with Crippen LogP contribution in [0.5, 0.6) is 0 Å². The quantitative estimate of drug-likeness (QED) is 0.655. The van der Waals surface area contributed by atoms with Gasteiger partial charge in [0.15, 0.2) is 0 Å². The Hall–Kier alpha value is -0.930. The summed E-state index contributed by atoms with van der Waals surface area (Å²) < 4.78 is 0. The van der Waals surface area contributed by atoms with Crippen LogP contribution in [0.15, 0.2) is 39.9 Å². The van der Waals surface area contributed by atoms with E-state index in [0.717, 1.165) is 17.9 Å². The molecule has 0 saturated carbocycles. The Kier molecular flexibility index (Phi) is 3.91. The zero-order chi connectivity index (χ0) is 11.4. The Labute approximate surface area is 105 Å². The topological polar surface area (TPSA) is 26.0 Å². The Morgan fingerprint density at radius 2 is 2.19 bits per heavy atom. The van der Waals surface area contributed by atoms with Crippen LogP contribution in [0.2, 0.25) is 0 Å². The second kappa shape index (κ2) is 5.41. The van der Waals surface area contributed by atoms with E-state index in [9.17, 15) is 0 Å². The summed E-state index contributed by atoms with van der Waals surface area (Å²) in [4.78, 5) is 1.34. The predicted molar refractivity (Wildman–Crippen MR) is 74.3 cm³/mol. The number of hydrogen-bond acceptors (Lipinski definition) is 3. The van der Waals surface area contributed by atoms with Crippen molar-refractivity contribution in [2.24, 2.45) is 0 Å². The average Bonchev–Trinajstić information content (AvgIpc) is 2.74. The van der Waals surface area contributed by atoms with Crippen molar-refractivity contribution in [1.29, 1.82) is 0 Å². The van der Waals surface area contributed by atoms with E-state index in [1.54, 1.807) is 11.3 Å². The molecule has 0 amide bonds. The summed E-state index contributed by atoms with van der Waals surface area (Å²) in [6.45, 7) is 2.11. The molecule has 1 nitrogen and oxygen atoms in total. The number of rotatable bonds is 4. The van der Waals surface area contributed by atoms with Crippen LogP contribution in [0.4, 0.5) is 5.69 Å². The molecule has 2 N–H and O–H groups in total.